The van der Waals surface area contributed by atoms with Gasteiger partial charge in [-0.05, 0) is 27.7 Å². The molecule has 0 saturated heterocycles. The highest BCUT2D eigenvalue weighted by Crippen LogP contribution is 1.96. The Morgan fingerprint density at radius 3 is 1.64 bits per heavy atom. The van der Waals surface area contributed by atoms with Crippen LogP contribution in [0.2, 0.25) is 0 Å². The normalized spacial score (nSPS) is 10.5. The third-order valence-corrected chi connectivity index (χ3v) is 2.26. The highest BCUT2D eigenvalue weighted by molar-refractivity contribution is 7.81. The van der Waals surface area contributed by atoms with Gasteiger partial charge >= 0.3 is 5.97 Å². The molecular formula is C13H30N2O5S2. The molecule has 22 heavy (non-hydrogen) atoms. The fourth-order valence-electron chi connectivity index (χ4n) is 0.435. The number of carbonyl (C=O) groups is 2. The lowest BCUT2D eigenvalue weighted by atomic mass is 10.1. The molecule has 0 aliphatic heterocycles. The molecule has 1 amide bonds. The van der Waals surface area contributed by atoms with E-state index in [4.69, 9.17) is 15.9 Å². The summed E-state index contributed by atoms with van der Waals surface area (Å²) in [6, 6.07) is 0. The van der Waals surface area contributed by atoms with E-state index in [0.29, 0.717) is 6.54 Å². The van der Waals surface area contributed by atoms with Gasteiger partial charge in [0.15, 0.2) is 0 Å². The predicted octanol–water partition coefficient (Wildman–Crippen LogP) is -0.391. The molecule has 134 valence electrons. The van der Waals surface area contributed by atoms with E-state index in [0.717, 1.165) is 0 Å². The Morgan fingerprint density at radius 2 is 1.50 bits per heavy atom. The van der Waals surface area contributed by atoms with E-state index in [1.807, 2.05) is 0 Å². The molecule has 9 heteroatoms. The van der Waals surface area contributed by atoms with Gasteiger partial charge in [0, 0.05) is 13.1 Å². The molecule has 0 spiro atoms. The summed E-state index contributed by atoms with van der Waals surface area (Å²) in [6.07, 6.45) is 0. The van der Waals surface area contributed by atoms with Crippen molar-refractivity contribution in [2.24, 2.45) is 5.73 Å². The summed E-state index contributed by atoms with van der Waals surface area (Å²) in [5, 5.41) is 20.3. The van der Waals surface area contributed by atoms with Crippen LogP contribution in [0.5, 0.6) is 0 Å². The number of hydrogen-bond donors (Lipinski definition) is 6. The fourth-order valence-corrected chi connectivity index (χ4v) is 0.676. The van der Waals surface area contributed by atoms with Crippen LogP contribution >= 0.6 is 25.3 Å². The van der Waals surface area contributed by atoms with E-state index in [9.17, 15) is 9.59 Å². The molecule has 7 nitrogen and oxygen atoms in total. The summed E-state index contributed by atoms with van der Waals surface area (Å²) in [4.78, 5) is 20.4. The summed E-state index contributed by atoms with van der Waals surface area (Å²) in [6.45, 7) is 7.21. The van der Waals surface area contributed by atoms with E-state index in [1.54, 1.807) is 27.7 Å². The number of esters is 1. The maximum atomic E-state index is 10.6. The van der Waals surface area contributed by atoms with E-state index in [1.165, 1.54) is 7.11 Å². The van der Waals surface area contributed by atoms with Crippen LogP contribution in [-0.2, 0) is 14.3 Å². The minimum atomic E-state index is -0.835. The number of nitrogens with one attached hydrogen (secondary N) is 1. The topological polar surface area (TPSA) is 122 Å². The summed E-state index contributed by atoms with van der Waals surface area (Å²) < 4.78 is 4.18. The molecular weight excluding hydrogens is 328 g/mol. The maximum absolute atomic E-state index is 10.6. The molecule has 0 aliphatic rings. The molecule has 5 N–H and O–H groups in total. The average molecular weight is 359 g/mol. The number of aliphatic hydroxyl groups is 2. The number of methoxy groups -OCH3 is 1. The number of ether oxygens (including phenoxy) is 1. The first-order valence-corrected chi connectivity index (χ1v) is 7.79. The number of hydrogen-bond acceptors (Lipinski definition) is 8. The molecule has 0 rings (SSSR count). The number of thiol groups is 2. The van der Waals surface area contributed by atoms with E-state index in [-0.39, 0.29) is 29.9 Å². The molecule has 0 bridgehead atoms. The minimum Gasteiger partial charge on any atom is -0.468 e. The Labute approximate surface area is 143 Å². The van der Waals surface area contributed by atoms with E-state index in [2.05, 4.69) is 35.3 Å². The number of nitrogens with two attached hydrogens (primary N) is 1. The monoisotopic (exact) mass is 358 g/mol. The van der Waals surface area contributed by atoms with Crippen LogP contribution in [0.15, 0.2) is 0 Å². The van der Waals surface area contributed by atoms with Gasteiger partial charge in [-0.25, -0.2) is 0 Å². The molecule has 0 fully saturated rings. The molecule has 0 saturated carbocycles. The zero-order valence-electron chi connectivity index (χ0n) is 13.9. The second kappa shape index (κ2) is 14.1. The first-order chi connectivity index (χ1) is 9.82. The number of rotatable bonds is 5. The van der Waals surface area contributed by atoms with Crippen molar-refractivity contribution in [2.75, 3.05) is 31.7 Å². The van der Waals surface area contributed by atoms with Crippen molar-refractivity contribution in [1.82, 2.24) is 5.32 Å². The summed E-state index contributed by atoms with van der Waals surface area (Å²) >= 11 is 7.37. The van der Waals surface area contributed by atoms with Crippen molar-refractivity contribution >= 4 is 37.1 Å². The molecule has 0 aromatic carbocycles. The Hall–Kier alpha value is -0.480. The SMILES string of the molecule is CC(C)(O)CN.CC(C)(O)CNC(=O)CS.COC(=O)CS. The van der Waals surface area contributed by atoms with Gasteiger partial charge in [0.05, 0.1) is 29.8 Å². The molecule has 0 aromatic heterocycles. The third kappa shape index (κ3) is 31.8. The molecule has 0 aliphatic carbocycles. The quantitative estimate of drug-likeness (QED) is 0.294. The van der Waals surface area contributed by atoms with Gasteiger partial charge in [-0.15, -0.1) is 0 Å². The first-order valence-electron chi connectivity index (χ1n) is 6.53. The lowest BCUT2D eigenvalue weighted by molar-refractivity contribution is -0.137. The Bertz CT molecular complexity index is 296. The third-order valence-electron chi connectivity index (χ3n) is 1.72. The van der Waals surface area contributed by atoms with Crippen LogP contribution in [0.3, 0.4) is 0 Å². The van der Waals surface area contributed by atoms with Gasteiger partial charge in [0.25, 0.3) is 0 Å². The van der Waals surface area contributed by atoms with Gasteiger partial charge in [0.1, 0.15) is 0 Å². The van der Waals surface area contributed by atoms with Crippen LogP contribution in [0.4, 0.5) is 0 Å². The van der Waals surface area contributed by atoms with Crippen molar-refractivity contribution in [3.05, 3.63) is 0 Å². The Kier molecular flexibility index (Phi) is 17.0. The van der Waals surface area contributed by atoms with Crippen LogP contribution < -0.4 is 11.1 Å². The minimum absolute atomic E-state index is 0.162. The van der Waals surface area contributed by atoms with Crippen LogP contribution in [0.25, 0.3) is 0 Å². The van der Waals surface area contributed by atoms with Crippen LogP contribution in [-0.4, -0.2) is 65.0 Å². The summed E-state index contributed by atoms with van der Waals surface area (Å²) in [5.41, 5.74) is 3.54. The van der Waals surface area contributed by atoms with E-state index >= 15 is 0 Å². The van der Waals surface area contributed by atoms with E-state index < -0.39 is 11.2 Å². The van der Waals surface area contributed by atoms with Crippen molar-refractivity contribution in [3.63, 3.8) is 0 Å². The Balaban J connectivity index is -0.000000261. The predicted molar refractivity (Wildman–Crippen MR) is 94.4 cm³/mol. The smallest absolute Gasteiger partial charge is 0.315 e. The molecule has 0 atom stereocenters. The highest BCUT2D eigenvalue weighted by atomic mass is 32.1. The van der Waals surface area contributed by atoms with Gasteiger partial charge in [-0.1, -0.05) is 0 Å². The zero-order valence-corrected chi connectivity index (χ0v) is 15.7. The average Bonchev–Trinajstić information content (AvgIpc) is 2.43. The lowest BCUT2D eigenvalue weighted by Gasteiger charge is -2.16. The van der Waals surface area contributed by atoms with Gasteiger partial charge < -0.3 is 26.0 Å². The fraction of sp³-hybridized carbons (Fsp3) is 0.846. The number of carbonyl (C=O) groups excluding carboxylic acids is 2. The zero-order chi connectivity index (χ0) is 18.4. The standard InChI is InChI=1S/C6H13NO2S.C4H11NO.C3H6O2S/c1-6(2,9)4-7-5(8)3-10;1-4(2,6)3-5;1-5-3(4)2-6/h9-10H,3-4H2,1-2H3,(H,7,8);6H,3,5H2,1-2H3;6H,2H2,1H3. The van der Waals surface area contributed by atoms with Crippen LogP contribution in [0.1, 0.15) is 27.7 Å². The van der Waals surface area contributed by atoms with Crippen LogP contribution in [0, 0.1) is 0 Å². The Morgan fingerprint density at radius 1 is 1.09 bits per heavy atom. The summed E-state index contributed by atoms with van der Waals surface area (Å²) in [5.74, 6) is -0.129. The second-order valence-electron chi connectivity index (χ2n) is 5.50. The van der Waals surface area contributed by atoms with Crippen molar-refractivity contribution < 1.29 is 24.5 Å². The largest absolute Gasteiger partial charge is 0.468 e. The van der Waals surface area contributed by atoms with Crippen molar-refractivity contribution in [3.8, 4) is 0 Å². The molecule has 0 aromatic rings. The van der Waals surface area contributed by atoms with Gasteiger partial charge in [0.2, 0.25) is 5.91 Å². The van der Waals surface area contributed by atoms with Gasteiger partial charge in [-0.3, -0.25) is 9.59 Å². The highest BCUT2D eigenvalue weighted by Gasteiger charge is 2.12. The molecule has 0 radical (unpaired) electrons. The maximum Gasteiger partial charge on any atom is 0.315 e. The van der Waals surface area contributed by atoms with Crippen molar-refractivity contribution in [1.29, 1.82) is 0 Å². The molecule has 0 unspecified atom stereocenters. The lowest BCUT2D eigenvalue weighted by Crippen LogP contribution is -2.38. The number of amides is 1. The second-order valence-corrected chi connectivity index (χ2v) is 6.13. The van der Waals surface area contributed by atoms with Gasteiger partial charge in [-0.2, -0.15) is 25.3 Å². The first kappa shape index (κ1) is 26.4. The molecule has 0 heterocycles. The van der Waals surface area contributed by atoms with Crippen molar-refractivity contribution in [2.45, 2.75) is 38.9 Å². The summed E-state index contributed by atoms with van der Waals surface area (Å²) in [7, 11) is 1.33.